The highest BCUT2D eigenvalue weighted by molar-refractivity contribution is 6.54. The molecule has 0 bridgehead atoms. The van der Waals surface area contributed by atoms with Crippen molar-refractivity contribution in [3.8, 4) is 0 Å². The number of carbonyl (C=O) groups excluding carboxylic acids is 1. The van der Waals surface area contributed by atoms with Crippen LogP contribution in [0, 0.1) is 17.1 Å². The zero-order valence-corrected chi connectivity index (χ0v) is 19.2. The van der Waals surface area contributed by atoms with Crippen LogP contribution in [0.2, 0.25) is 0 Å². The Morgan fingerprint density at radius 1 is 1.22 bits per heavy atom. The lowest BCUT2D eigenvalue weighted by Crippen LogP contribution is -2.58. The number of carbonyl (C=O) groups is 1. The van der Waals surface area contributed by atoms with Crippen LogP contribution in [-0.2, 0) is 11.0 Å². The molecule has 0 saturated carbocycles. The number of nitrogens with one attached hydrogen (secondary N) is 3. The maximum absolute atomic E-state index is 14.4. The predicted octanol–water partition coefficient (Wildman–Crippen LogP) is 3.59. The van der Waals surface area contributed by atoms with Gasteiger partial charge in [-0.3, -0.25) is 15.2 Å². The van der Waals surface area contributed by atoms with Crippen LogP contribution in [0.15, 0.2) is 36.9 Å². The normalized spacial score (nSPS) is 20.1. The number of anilines is 1. The Morgan fingerprint density at radius 2 is 1.94 bits per heavy atom. The van der Waals surface area contributed by atoms with E-state index in [4.69, 9.17) is 5.41 Å². The molecule has 0 aromatic carbocycles. The number of rotatable bonds is 7. The van der Waals surface area contributed by atoms with E-state index >= 15 is 0 Å². The average Bonchev–Trinajstić information content (AvgIpc) is 2.80. The third kappa shape index (κ3) is 6.29. The second-order valence-corrected chi connectivity index (χ2v) is 8.29. The molecule has 8 nitrogen and oxygen atoms in total. The van der Waals surface area contributed by atoms with E-state index in [2.05, 4.69) is 25.6 Å². The van der Waals surface area contributed by atoms with Crippen LogP contribution in [0.4, 0.5) is 32.2 Å². The van der Waals surface area contributed by atoms with Gasteiger partial charge in [0.05, 0.1) is 36.9 Å². The van der Waals surface area contributed by atoms with Gasteiger partial charge >= 0.3 is 6.18 Å². The lowest BCUT2D eigenvalue weighted by atomic mass is 9.87. The molecule has 1 aliphatic rings. The molecular formula is C22H23F6N7O. The Morgan fingerprint density at radius 3 is 2.50 bits per heavy atom. The molecule has 0 aliphatic carbocycles. The van der Waals surface area contributed by atoms with E-state index in [1.807, 2.05) is 0 Å². The standard InChI is InChI=1S/C22H23F6N7O/c1-12-5-21(24,25)11-35(16(12)8-33-18-10-32-17(9-34-18)22(26,27)28)20(36)19(29)14(7-30-2)15-4-3-13(23)6-31-15/h3-4,6-7,9-10,12,16,29-30H,5,8,11H2,1-2H3,(H,33,34)/b14-7-,29-19?. The van der Waals surface area contributed by atoms with E-state index in [9.17, 15) is 31.1 Å². The molecule has 2 atom stereocenters. The minimum absolute atomic E-state index is 0.0376. The molecule has 14 heteroatoms. The van der Waals surface area contributed by atoms with Crippen molar-refractivity contribution in [1.82, 2.24) is 25.2 Å². The van der Waals surface area contributed by atoms with Gasteiger partial charge in [0.25, 0.3) is 11.8 Å². The SMILES string of the molecule is CN/C=C(\C(=N)C(=O)N1CC(F)(F)CC(C)C1CNc1cnc(C(F)(F)F)cn1)c1ccc(F)cn1. The van der Waals surface area contributed by atoms with E-state index in [1.165, 1.54) is 26.2 Å². The van der Waals surface area contributed by atoms with E-state index in [0.29, 0.717) is 6.20 Å². The Balaban J connectivity index is 1.84. The first-order valence-electron chi connectivity index (χ1n) is 10.7. The highest BCUT2D eigenvalue weighted by Crippen LogP contribution is 2.35. The number of halogens is 6. The molecule has 3 N–H and O–H groups in total. The monoisotopic (exact) mass is 515 g/mol. The molecule has 0 radical (unpaired) electrons. The molecule has 2 aromatic heterocycles. The summed E-state index contributed by atoms with van der Waals surface area (Å²) in [5.74, 6) is -5.65. The predicted molar refractivity (Wildman–Crippen MR) is 119 cm³/mol. The Hall–Kier alpha value is -3.71. The first-order chi connectivity index (χ1) is 16.8. The Labute approximate surface area is 202 Å². The average molecular weight is 515 g/mol. The fourth-order valence-corrected chi connectivity index (χ4v) is 3.87. The summed E-state index contributed by atoms with van der Waals surface area (Å²) in [4.78, 5) is 24.9. The highest BCUT2D eigenvalue weighted by atomic mass is 19.4. The number of hydrogen-bond acceptors (Lipinski definition) is 7. The van der Waals surface area contributed by atoms with Crippen LogP contribution in [0.3, 0.4) is 0 Å². The van der Waals surface area contributed by atoms with Crippen LogP contribution in [0.25, 0.3) is 5.57 Å². The quantitative estimate of drug-likeness (QED) is 0.385. The van der Waals surface area contributed by atoms with E-state index in [1.54, 1.807) is 0 Å². The van der Waals surface area contributed by atoms with Gasteiger partial charge in [0.15, 0.2) is 5.69 Å². The maximum atomic E-state index is 14.4. The first-order valence-corrected chi connectivity index (χ1v) is 10.7. The Bertz CT molecular complexity index is 1120. The molecule has 36 heavy (non-hydrogen) atoms. The fourth-order valence-electron chi connectivity index (χ4n) is 3.87. The van der Waals surface area contributed by atoms with Crippen molar-refractivity contribution in [2.75, 3.05) is 25.5 Å². The number of alkyl halides is 5. The number of pyridine rings is 1. The lowest BCUT2D eigenvalue weighted by molar-refractivity contribution is -0.145. The van der Waals surface area contributed by atoms with Crippen LogP contribution in [-0.4, -0.2) is 63.6 Å². The van der Waals surface area contributed by atoms with Crippen molar-refractivity contribution in [2.24, 2.45) is 5.92 Å². The smallest absolute Gasteiger partial charge is 0.393 e. The van der Waals surface area contributed by atoms with Gasteiger partial charge in [-0.2, -0.15) is 13.2 Å². The molecular weight excluding hydrogens is 492 g/mol. The maximum Gasteiger partial charge on any atom is 0.434 e. The van der Waals surface area contributed by atoms with Crippen LogP contribution in [0.1, 0.15) is 24.7 Å². The third-order valence-corrected chi connectivity index (χ3v) is 5.55. The highest BCUT2D eigenvalue weighted by Gasteiger charge is 2.47. The summed E-state index contributed by atoms with van der Waals surface area (Å²) in [5, 5.41) is 13.8. The molecule has 2 aromatic rings. The molecule has 1 aliphatic heterocycles. The zero-order valence-electron chi connectivity index (χ0n) is 19.2. The summed E-state index contributed by atoms with van der Waals surface area (Å²) in [6.45, 7) is 0.414. The number of nitrogens with zero attached hydrogens (tertiary/aromatic N) is 4. The summed E-state index contributed by atoms with van der Waals surface area (Å²) in [6.07, 6.45) is -1.65. The van der Waals surface area contributed by atoms with Gasteiger partial charge in [-0.1, -0.05) is 6.92 Å². The van der Waals surface area contributed by atoms with Gasteiger partial charge in [-0.15, -0.1) is 0 Å². The molecule has 3 rings (SSSR count). The largest absolute Gasteiger partial charge is 0.434 e. The fraction of sp³-hybridized carbons (Fsp3) is 0.409. The van der Waals surface area contributed by atoms with Crippen molar-refractivity contribution >= 4 is 23.0 Å². The van der Waals surface area contributed by atoms with Crippen molar-refractivity contribution in [3.05, 3.63) is 54.1 Å². The summed E-state index contributed by atoms with van der Waals surface area (Å²) >= 11 is 0. The molecule has 0 spiro atoms. The van der Waals surface area contributed by atoms with E-state index in [-0.39, 0.29) is 23.6 Å². The molecule has 194 valence electrons. The molecule has 3 heterocycles. The topological polar surface area (TPSA) is 107 Å². The van der Waals surface area contributed by atoms with Crippen molar-refractivity contribution in [1.29, 1.82) is 5.41 Å². The van der Waals surface area contributed by atoms with Crippen LogP contribution >= 0.6 is 0 Å². The first kappa shape index (κ1) is 26.9. The second-order valence-electron chi connectivity index (χ2n) is 8.29. The lowest BCUT2D eigenvalue weighted by Gasteiger charge is -2.43. The van der Waals surface area contributed by atoms with Gasteiger partial charge < -0.3 is 15.5 Å². The second kappa shape index (κ2) is 10.5. The number of piperidine rings is 1. The van der Waals surface area contributed by atoms with Gasteiger partial charge in [0.1, 0.15) is 17.3 Å². The zero-order chi connectivity index (χ0) is 26.7. The van der Waals surface area contributed by atoms with Crippen molar-refractivity contribution < 1.29 is 31.1 Å². The van der Waals surface area contributed by atoms with Crippen molar-refractivity contribution in [2.45, 2.75) is 31.5 Å². The summed E-state index contributed by atoms with van der Waals surface area (Å²) in [5.41, 5.74) is -1.80. The van der Waals surface area contributed by atoms with Gasteiger partial charge in [-0.25, -0.2) is 23.1 Å². The number of likely N-dealkylation sites (tertiary alicyclic amines) is 1. The molecule has 1 fully saturated rings. The summed E-state index contributed by atoms with van der Waals surface area (Å²) in [7, 11) is 1.50. The van der Waals surface area contributed by atoms with Crippen LogP contribution < -0.4 is 10.6 Å². The van der Waals surface area contributed by atoms with Crippen molar-refractivity contribution in [3.63, 3.8) is 0 Å². The number of hydrogen-bond donors (Lipinski definition) is 3. The minimum Gasteiger partial charge on any atom is -0.393 e. The summed E-state index contributed by atoms with van der Waals surface area (Å²) in [6, 6.07) is 1.48. The molecule has 1 amide bonds. The van der Waals surface area contributed by atoms with E-state index in [0.717, 1.165) is 23.4 Å². The molecule has 1 saturated heterocycles. The van der Waals surface area contributed by atoms with Gasteiger partial charge in [0.2, 0.25) is 0 Å². The minimum atomic E-state index is -4.67. The van der Waals surface area contributed by atoms with Gasteiger partial charge in [-0.05, 0) is 18.1 Å². The van der Waals surface area contributed by atoms with Gasteiger partial charge in [0, 0.05) is 31.8 Å². The third-order valence-electron chi connectivity index (χ3n) is 5.55. The number of aromatic nitrogens is 3. The number of amides is 1. The molecule has 2 unspecified atom stereocenters. The van der Waals surface area contributed by atoms with Crippen LogP contribution in [0.5, 0.6) is 0 Å². The summed E-state index contributed by atoms with van der Waals surface area (Å²) < 4.78 is 80.3. The van der Waals surface area contributed by atoms with E-state index < -0.39 is 60.2 Å². The Kier molecular flexibility index (Phi) is 7.84.